The van der Waals surface area contributed by atoms with Crippen molar-refractivity contribution >= 4 is 5.97 Å². The zero-order valence-corrected chi connectivity index (χ0v) is 19.2. The van der Waals surface area contributed by atoms with Crippen LogP contribution in [0.3, 0.4) is 0 Å². The van der Waals surface area contributed by atoms with Crippen molar-refractivity contribution in [3.8, 4) is 11.8 Å². The molecule has 158 valence electrons. The Balaban J connectivity index is 2.38. The van der Waals surface area contributed by atoms with Crippen LogP contribution >= 0.6 is 0 Å². The van der Waals surface area contributed by atoms with Gasteiger partial charge in [-0.1, -0.05) is 46.1 Å². The van der Waals surface area contributed by atoms with Gasteiger partial charge in [-0.05, 0) is 65.2 Å². The van der Waals surface area contributed by atoms with Crippen molar-refractivity contribution in [3.63, 3.8) is 0 Å². The average molecular weight is 391 g/mol. The number of esters is 1. The van der Waals surface area contributed by atoms with Crippen LogP contribution in [-0.2, 0) is 19.3 Å². The van der Waals surface area contributed by atoms with Gasteiger partial charge in [-0.15, -0.1) is 0 Å². The quantitative estimate of drug-likeness (QED) is 0.194. The molecular weight excluding hydrogens is 352 g/mol. The molecule has 0 radical (unpaired) electrons. The highest BCUT2D eigenvalue weighted by molar-refractivity contribution is 5.87. The van der Waals surface area contributed by atoms with E-state index in [2.05, 4.69) is 39.2 Å². The van der Waals surface area contributed by atoms with Gasteiger partial charge < -0.3 is 4.74 Å². The van der Waals surface area contributed by atoms with Crippen LogP contribution in [0.2, 0.25) is 0 Å². The maximum atomic E-state index is 12.5. The molecule has 0 aromatic carbocycles. The number of carbonyl (C=O) groups is 1. The molecule has 28 heavy (non-hydrogen) atoms. The highest BCUT2D eigenvalue weighted by Gasteiger charge is 2.70. The van der Waals surface area contributed by atoms with Gasteiger partial charge in [-0.2, -0.15) is 0 Å². The van der Waals surface area contributed by atoms with E-state index in [1.165, 1.54) is 0 Å². The second-order valence-electron chi connectivity index (χ2n) is 10.5. The van der Waals surface area contributed by atoms with Gasteiger partial charge in [0.1, 0.15) is 0 Å². The van der Waals surface area contributed by atoms with Crippen LogP contribution in [0.25, 0.3) is 0 Å². The number of rotatable bonds is 6. The average Bonchev–Trinajstić information content (AvgIpc) is 2.91. The van der Waals surface area contributed by atoms with Gasteiger partial charge in [-0.25, -0.2) is 14.6 Å². The Kier molecular flexibility index (Phi) is 5.89. The summed E-state index contributed by atoms with van der Waals surface area (Å²) in [5.41, 5.74) is -1.82. The summed E-state index contributed by atoms with van der Waals surface area (Å²) in [4.78, 5) is 23.8. The summed E-state index contributed by atoms with van der Waals surface area (Å²) in [6.07, 6.45) is 3.71. The van der Waals surface area contributed by atoms with Crippen LogP contribution in [0, 0.1) is 28.6 Å². The first kappa shape index (κ1) is 23.0. The van der Waals surface area contributed by atoms with Crippen LogP contribution < -0.4 is 0 Å². The standard InChI is InChI=1S/C24H38O4/c1-11-20(4,5)27-28-21(6,7)14-15-24(26-19(25)17(2)3)16-18-12-13-23(24,10)22(18,8)9/h18H,2,11-13,16H2,1,3-10H3/t18-,23+,24+/m0/s1. The molecule has 0 saturated heterocycles. The van der Waals surface area contributed by atoms with E-state index in [4.69, 9.17) is 14.5 Å². The van der Waals surface area contributed by atoms with Crippen molar-refractivity contribution in [2.24, 2.45) is 16.7 Å². The first-order valence-corrected chi connectivity index (χ1v) is 10.4. The smallest absolute Gasteiger partial charge is 0.334 e. The van der Waals surface area contributed by atoms with Gasteiger partial charge in [0.05, 0.1) is 5.60 Å². The second-order valence-corrected chi connectivity index (χ2v) is 10.5. The summed E-state index contributed by atoms with van der Waals surface area (Å²) in [6, 6.07) is 0. The Bertz CT molecular complexity index is 706. The molecule has 0 aromatic heterocycles. The summed E-state index contributed by atoms with van der Waals surface area (Å²) in [6.45, 7) is 22.0. The lowest BCUT2D eigenvalue weighted by Gasteiger charge is -2.44. The first-order chi connectivity index (χ1) is 12.6. The van der Waals surface area contributed by atoms with E-state index in [1.807, 2.05) is 34.6 Å². The van der Waals surface area contributed by atoms with Gasteiger partial charge in [0.2, 0.25) is 0 Å². The summed E-state index contributed by atoms with van der Waals surface area (Å²) < 4.78 is 6.09. The molecular formula is C24H38O4. The summed E-state index contributed by atoms with van der Waals surface area (Å²) >= 11 is 0. The van der Waals surface area contributed by atoms with Gasteiger partial charge >= 0.3 is 5.97 Å². The number of ether oxygens (including phenoxy) is 1. The zero-order chi connectivity index (χ0) is 21.6. The van der Waals surface area contributed by atoms with E-state index in [0.717, 1.165) is 25.7 Å². The predicted molar refractivity (Wildman–Crippen MR) is 111 cm³/mol. The van der Waals surface area contributed by atoms with Gasteiger partial charge in [-0.3, -0.25) is 0 Å². The summed E-state index contributed by atoms with van der Waals surface area (Å²) in [5.74, 6) is 6.69. The highest BCUT2D eigenvalue weighted by Crippen LogP contribution is 2.70. The molecule has 4 nitrogen and oxygen atoms in total. The molecule has 0 N–H and O–H groups in total. The zero-order valence-electron chi connectivity index (χ0n) is 19.2. The molecule has 3 atom stereocenters. The van der Waals surface area contributed by atoms with Crippen molar-refractivity contribution in [2.45, 2.75) is 105 Å². The second kappa shape index (κ2) is 7.18. The first-order valence-electron chi connectivity index (χ1n) is 10.4. The van der Waals surface area contributed by atoms with Crippen LogP contribution in [0.1, 0.15) is 88.0 Å². The molecule has 2 bridgehead atoms. The van der Waals surface area contributed by atoms with E-state index in [-0.39, 0.29) is 22.4 Å². The van der Waals surface area contributed by atoms with Gasteiger partial charge in [0.25, 0.3) is 0 Å². The van der Waals surface area contributed by atoms with Crippen LogP contribution in [0.15, 0.2) is 12.2 Å². The third-order valence-corrected chi connectivity index (χ3v) is 7.37. The Labute approximate surface area is 171 Å². The number of fused-ring (bicyclic) bond motifs is 2. The molecule has 0 spiro atoms. The fraction of sp³-hybridized carbons (Fsp3) is 0.792. The molecule has 4 heteroatoms. The molecule has 2 fully saturated rings. The molecule has 2 saturated carbocycles. The number of carbonyl (C=O) groups excluding carboxylic acids is 1. The topological polar surface area (TPSA) is 44.8 Å². The van der Waals surface area contributed by atoms with E-state index in [0.29, 0.717) is 11.5 Å². The minimum atomic E-state index is -0.837. The maximum absolute atomic E-state index is 12.5. The minimum absolute atomic E-state index is 0.0444. The fourth-order valence-corrected chi connectivity index (χ4v) is 4.41. The lowest BCUT2D eigenvalue weighted by atomic mass is 9.64. The maximum Gasteiger partial charge on any atom is 0.334 e. The van der Waals surface area contributed by atoms with Crippen molar-refractivity contribution in [2.75, 3.05) is 0 Å². The van der Waals surface area contributed by atoms with E-state index >= 15 is 0 Å². The van der Waals surface area contributed by atoms with Gasteiger partial charge in [0.15, 0.2) is 11.2 Å². The third-order valence-electron chi connectivity index (χ3n) is 7.37. The molecule has 0 unspecified atom stereocenters. The highest BCUT2D eigenvalue weighted by atomic mass is 17.2. The molecule has 0 heterocycles. The largest absolute Gasteiger partial charge is 0.442 e. The monoisotopic (exact) mass is 390 g/mol. The third kappa shape index (κ3) is 3.89. The Morgan fingerprint density at radius 3 is 2.21 bits per heavy atom. The Hall–Kier alpha value is -1.31. The summed E-state index contributed by atoms with van der Waals surface area (Å²) in [7, 11) is 0. The van der Waals surface area contributed by atoms with Crippen LogP contribution in [0.5, 0.6) is 0 Å². The van der Waals surface area contributed by atoms with E-state index < -0.39 is 11.2 Å². The van der Waals surface area contributed by atoms with Gasteiger partial charge in [0, 0.05) is 17.4 Å². The lowest BCUT2D eigenvalue weighted by molar-refractivity contribution is -0.388. The van der Waals surface area contributed by atoms with Crippen molar-refractivity contribution in [3.05, 3.63) is 12.2 Å². The molecule has 2 aliphatic carbocycles. The minimum Gasteiger partial charge on any atom is -0.442 e. The number of hydrogen-bond acceptors (Lipinski definition) is 4. The van der Waals surface area contributed by atoms with Crippen LogP contribution in [0.4, 0.5) is 0 Å². The molecule has 0 aromatic rings. The van der Waals surface area contributed by atoms with Crippen molar-refractivity contribution in [1.29, 1.82) is 0 Å². The van der Waals surface area contributed by atoms with Crippen molar-refractivity contribution in [1.82, 2.24) is 0 Å². The lowest BCUT2D eigenvalue weighted by Crippen LogP contribution is -2.50. The van der Waals surface area contributed by atoms with E-state index in [9.17, 15) is 4.79 Å². The summed E-state index contributed by atoms with van der Waals surface area (Å²) in [5, 5.41) is 0. The molecule has 0 aliphatic heterocycles. The van der Waals surface area contributed by atoms with Crippen molar-refractivity contribution < 1.29 is 19.3 Å². The molecule has 2 rings (SSSR count). The Morgan fingerprint density at radius 1 is 1.18 bits per heavy atom. The fourth-order valence-electron chi connectivity index (χ4n) is 4.41. The number of hydrogen-bond donors (Lipinski definition) is 0. The normalized spacial score (nSPS) is 31.2. The SMILES string of the molecule is C=C(C)C(=O)O[C@]1(C#CC(C)(C)OOC(C)(C)CC)C[C@@H]2CC[C@]1(C)C2(C)C. The predicted octanol–water partition coefficient (Wildman–Crippen LogP) is 5.61. The Morgan fingerprint density at radius 2 is 1.79 bits per heavy atom. The molecule has 0 amide bonds. The molecule has 2 aliphatic rings. The van der Waals surface area contributed by atoms with E-state index in [1.54, 1.807) is 6.92 Å². The van der Waals surface area contributed by atoms with Crippen LogP contribution in [-0.4, -0.2) is 22.8 Å².